The summed E-state index contributed by atoms with van der Waals surface area (Å²) in [4.78, 5) is 19.6. The molecule has 0 bridgehead atoms. The number of fused-ring (bicyclic) bond motifs is 6. The van der Waals surface area contributed by atoms with Gasteiger partial charge in [0, 0.05) is 50.6 Å². The maximum Gasteiger partial charge on any atom is 0.165 e. The summed E-state index contributed by atoms with van der Waals surface area (Å²) in [6, 6.07) is 45.5. The Morgan fingerprint density at radius 2 is 1.13 bits per heavy atom. The second-order valence-electron chi connectivity index (χ2n) is 11.1. The molecule has 3 aromatic heterocycles. The first-order chi connectivity index (χ1) is 22.3. The first-order valence-electron chi connectivity index (χ1n) is 14.9. The molecule has 5 heteroatoms. The van der Waals surface area contributed by atoms with Crippen LogP contribution in [0.3, 0.4) is 0 Å². The van der Waals surface area contributed by atoms with Crippen molar-refractivity contribution in [3.8, 4) is 45.3 Å². The molecule has 0 fully saturated rings. The van der Waals surface area contributed by atoms with E-state index in [2.05, 4.69) is 65.6 Å². The lowest BCUT2D eigenvalue weighted by atomic mass is 9.91. The van der Waals surface area contributed by atoms with E-state index in [-0.39, 0.29) is 0 Å². The first kappa shape index (κ1) is 25.3. The fourth-order valence-corrected chi connectivity index (χ4v) is 6.33. The maximum atomic E-state index is 6.55. The van der Waals surface area contributed by atoms with Gasteiger partial charge < -0.3 is 4.42 Å². The molecule has 6 aromatic carbocycles. The van der Waals surface area contributed by atoms with Gasteiger partial charge in [-0.2, -0.15) is 0 Å². The quantitative estimate of drug-likeness (QED) is 0.209. The van der Waals surface area contributed by atoms with Crippen LogP contribution < -0.4 is 0 Å². The average molecular weight is 577 g/mol. The topological polar surface area (TPSA) is 64.7 Å². The van der Waals surface area contributed by atoms with E-state index in [1.165, 1.54) is 0 Å². The molecule has 0 N–H and O–H groups in total. The van der Waals surface area contributed by atoms with Gasteiger partial charge in [-0.3, -0.25) is 4.98 Å². The highest BCUT2D eigenvalue weighted by Gasteiger charge is 2.21. The van der Waals surface area contributed by atoms with E-state index in [0.29, 0.717) is 17.5 Å². The minimum absolute atomic E-state index is 0.621. The highest BCUT2D eigenvalue weighted by molar-refractivity contribution is 6.20. The van der Waals surface area contributed by atoms with Crippen molar-refractivity contribution in [1.82, 2.24) is 19.9 Å². The Morgan fingerprint density at radius 1 is 0.444 bits per heavy atom. The Kier molecular flexibility index (Phi) is 5.74. The van der Waals surface area contributed by atoms with Gasteiger partial charge in [-0.25, -0.2) is 15.0 Å². The monoisotopic (exact) mass is 576 g/mol. The van der Waals surface area contributed by atoms with Crippen LogP contribution in [-0.4, -0.2) is 19.9 Å². The predicted molar refractivity (Wildman–Crippen MR) is 182 cm³/mol. The molecule has 0 aliphatic carbocycles. The fourth-order valence-electron chi connectivity index (χ4n) is 6.33. The number of benzene rings is 6. The summed E-state index contributed by atoms with van der Waals surface area (Å²) in [5.74, 6) is 1.88. The zero-order valence-electron chi connectivity index (χ0n) is 24.1. The molecule has 210 valence electrons. The van der Waals surface area contributed by atoms with E-state index in [4.69, 9.17) is 19.4 Å². The Hall–Kier alpha value is -6.20. The normalized spacial score (nSPS) is 11.6. The molecular formula is C40H24N4O. The van der Waals surface area contributed by atoms with Crippen LogP contribution in [0.4, 0.5) is 0 Å². The van der Waals surface area contributed by atoms with Crippen molar-refractivity contribution in [1.29, 1.82) is 0 Å². The van der Waals surface area contributed by atoms with Crippen molar-refractivity contribution >= 4 is 43.5 Å². The van der Waals surface area contributed by atoms with E-state index in [1.807, 2.05) is 85.2 Å². The zero-order chi connectivity index (χ0) is 29.7. The van der Waals surface area contributed by atoms with Crippen molar-refractivity contribution in [3.63, 3.8) is 0 Å². The lowest BCUT2D eigenvalue weighted by Crippen LogP contribution is -2.01. The standard InChI is InChI=1S/C40H24N4O/c1-3-11-26(12-4-1)38-42-39(27-13-5-2-6-14-27)44-40(43-38)36-29-15-8-7-10-25(29)18-20-32(36)31-16-9-17-34-35(31)33-21-19-28-24-41-23-22-30(28)37(33)45-34/h1-24H. The summed E-state index contributed by atoms with van der Waals surface area (Å²) in [5, 5.41) is 6.39. The third-order valence-corrected chi connectivity index (χ3v) is 8.42. The van der Waals surface area contributed by atoms with Crippen LogP contribution in [0.5, 0.6) is 0 Å². The predicted octanol–water partition coefficient (Wildman–Crippen LogP) is 10.1. The van der Waals surface area contributed by atoms with Crippen LogP contribution >= 0.6 is 0 Å². The van der Waals surface area contributed by atoms with Gasteiger partial charge in [0.25, 0.3) is 0 Å². The van der Waals surface area contributed by atoms with Gasteiger partial charge in [0.15, 0.2) is 17.5 Å². The van der Waals surface area contributed by atoms with Gasteiger partial charge in [-0.05, 0) is 40.1 Å². The summed E-state index contributed by atoms with van der Waals surface area (Å²) >= 11 is 0. The minimum Gasteiger partial charge on any atom is -0.455 e. The Labute approximate surface area is 258 Å². The largest absolute Gasteiger partial charge is 0.455 e. The summed E-state index contributed by atoms with van der Waals surface area (Å²) in [6.07, 6.45) is 3.69. The molecule has 0 aliphatic heterocycles. The molecule has 0 unspecified atom stereocenters. The summed E-state index contributed by atoms with van der Waals surface area (Å²) in [6.45, 7) is 0. The second kappa shape index (κ2) is 10.2. The van der Waals surface area contributed by atoms with Crippen LogP contribution in [0.15, 0.2) is 150 Å². The van der Waals surface area contributed by atoms with Gasteiger partial charge in [-0.15, -0.1) is 0 Å². The molecule has 0 radical (unpaired) electrons. The number of aromatic nitrogens is 4. The van der Waals surface area contributed by atoms with Gasteiger partial charge in [0.2, 0.25) is 0 Å². The van der Waals surface area contributed by atoms with Crippen LogP contribution in [0.25, 0.3) is 88.8 Å². The summed E-state index contributed by atoms with van der Waals surface area (Å²) in [5.41, 5.74) is 6.60. The van der Waals surface area contributed by atoms with E-state index >= 15 is 0 Å². The second-order valence-corrected chi connectivity index (χ2v) is 11.1. The van der Waals surface area contributed by atoms with Gasteiger partial charge in [0.05, 0.1) is 0 Å². The molecule has 0 amide bonds. The number of hydrogen-bond donors (Lipinski definition) is 0. The van der Waals surface area contributed by atoms with E-state index in [0.717, 1.165) is 71.3 Å². The van der Waals surface area contributed by atoms with Crippen molar-refractivity contribution in [2.45, 2.75) is 0 Å². The van der Waals surface area contributed by atoms with Crippen LogP contribution in [0.2, 0.25) is 0 Å². The van der Waals surface area contributed by atoms with Gasteiger partial charge in [-0.1, -0.05) is 115 Å². The smallest absolute Gasteiger partial charge is 0.165 e. The van der Waals surface area contributed by atoms with Crippen molar-refractivity contribution in [2.24, 2.45) is 0 Å². The number of nitrogens with zero attached hydrogens (tertiary/aromatic N) is 4. The number of hydrogen-bond acceptors (Lipinski definition) is 5. The third kappa shape index (κ3) is 4.17. The molecule has 0 atom stereocenters. The van der Waals surface area contributed by atoms with Crippen molar-refractivity contribution < 1.29 is 4.42 Å². The molecular weight excluding hydrogens is 552 g/mol. The highest BCUT2D eigenvalue weighted by Crippen LogP contribution is 2.44. The van der Waals surface area contributed by atoms with Crippen LogP contribution in [-0.2, 0) is 0 Å². The SMILES string of the molecule is c1ccc(-c2nc(-c3ccccc3)nc(-c3c(-c4cccc5oc6c7ccncc7ccc6c45)ccc4ccccc34)n2)cc1. The first-order valence-corrected chi connectivity index (χ1v) is 14.9. The third-order valence-electron chi connectivity index (χ3n) is 8.42. The molecule has 3 heterocycles. The molecule has 9 aromatic rings. The van der Waals surface area contributed by atoms with Crippen LogP contribution in [0, 0.1) is 0 Å². The number of pyridine rings is 1. The Bertz CT molecular complexity index is 2480. The zero-order valence-corrected chi connectivity index (χ0v) is 24.1. The maximum absolute atomic E-state index is 6.55. The van der Waals surface area contributed by atoms with Gasteiger partial charge >= 0.3 is 0 Å². The molecule has 0 saturated carbocycles. The summed E-state index contributed by atoms with van der Waals surface area (Å²) in [7, 11) is 0. The fraction of sp³-hybridized carbons (Fsp3) is 0. The Balaban J connectivity index is 1.38. The van der Waals surface area contributed by atoms with E-state index in [1.54, 1.807) is 0 Å². The molecule has 0 aliphatic rings. The molecule has 0 saturated heterocycles. The highest BCUT2D eigenvalue weighted by atomic mass is 16.3. The van der Waals surface area contributed by atoms with E-state index in [9.17, 15) is 0 Å². The van der Waals surface area contributed by atoms with E-state index < -0.39 is 0 Å². The average Bonchev–Trinajstić information content (AvgIpc) is 3.51. The lowest BCUT2D eigenvalue weighted by molar-refractivity contribution is 0.672. The lowest BCUT2D eigenvalue weighted by Gasteiger charge is -2.15. The molecule has 9 rings (SSSR count). The van der Waals surface area contributed by atoms with Crippen molar-refractivity contribution in [2.75, 3.05) is 0 Å². The number of furan rings is 1. The van der Waals surface area contributed by atoms with Crippen molar-refractivity contribution in [3.05, 3.63) is 146 Å². The number of rotatable bonds is 4. The molecule has 45 heavy (non-hydrogen) atoms. The minimum atomic E-state index is 0.621. The molecule has 5 nitrogen and oxygen atoms in total. The Morgan fingerprint density at radius 3 is 1.91 bits per heavy atom. The summed E-state index contributed by atoms with van der Waals surface area (Å²) < 4.78 is 6.55. The van der Waals surface area contributed by atoms with Gasteiger partial charge in [0.1, 0.15) is 11.2 Å². The van der Waals surface area contributed by atoms with Crippen LogP contribution in [0.1, 0.15) is 0 Å². The molecule has 0 spiro atoms.